The molecule has 2 fully saturated rings. The molecule has 13 heteroatoms. The fourth-order valence-electron chi connectivity index (χ4n) is 3.11. The SMILES string of the molecule is NC(=S)N1CCN(c2ccc(N3CC(CNC(=O)C(F)F)OC3=O)cc2F)CCO1. The number of amides is 2. The molecule has 0 aromatic heterocycles. The van der Waals surface area contributed by atoms with Crippen LogP contribution in [-0.2, 0) is 14.4 Å². The molecule has 0 aliphatic carbocycles. The summed E-state index contributed by atoms with van der Waals surface area (Å²) in [6, 6.07) is 4.27. The second kappa shape index (κ2) is 9.34. The Labute approximate surface area is 175 Å². The minimum Gasteiger partial charge on any atom is -0.442 e. The number of hydrogen-bond acceptors (Lipinski definition) is 6. The molecule has 0 bridgehead atoms. The number of carbonyl (C=O) groups is 2. The van der Waals surface area contributed by atoms with Gasteiger partial charge in [0, 0.05) is 13.1 Å². The van der Waals surface area contributed by atoms with Crippen LogP contribution in [0.25, 0.3) is 0 Å². The highest BCUT2D eigenvalue weighted by Gasteiger charge is 2.33. The lowest BCUT2D eigenvalue weighted by Crippen LogP contribution is -2.37. The minimum atomic E-state index is -3.16. The number of nitrogens with one attached hydrogen (secondary N) is 1. The number of alkyl halides is 2. The zero-order valence-electron chi connectivity index (χ0n) is 15.7. The van der Waals surface area contributed by atoms with E-state index in [9.17, 15) is 22.8 Å². The number of nitrogens with zero attached hydrogens (tertiary/aromatic N) is 3. The number of hydroxylamine groups is 2. The number of rotatable bonds is 5. The second-order valence-electron chi connectivity index (χ2n) is 6.56. The molecule has 2 amide bonds. The first-order valence-corrected chi connectivity index (χ1v) is 9.45. The Balaban J connectivity index is 1.64. The lowest BCUT2D eigenvalue weighted by Gasteiger charge is -2.24. The molecule has 9 nitrogen and oxygen atoms in total. The van der Waals surface area contributed by atoms with Gasteiger partial charge in [-0.05, 0) is 30.4 Å². The fraction of sp³-hybridized carbons (Fsp3) is 0.471. The van der Waals surface area contributed by atoms with E-state index in [1.165, 1.54) is 22.1 Å². The van der Waals surface area contributed by atoms with Crippen molar-refractivity contribution in [1.29, 1.82) is 0 Å². The number of nitrogens with two attached hydrogens (primary N) is 1. The zero-order chi connectivity index (χ0) is 21.8. The lowest BCUT2D eigenvalue weighted by atomic mass is 10.2. The molecule has 164 valence electrons. The second-order valence-corrected chi connectivity index (χ2v) is 6.98. The van der Waals surface area contributed by atoms with Gasteiger partial charge in [0.25, 0.3) is 5.91 Å². The quantitative estimate of drug-likeness (QED) is 0.641. The highest BCUT2D eigenvalue weighted by molar-refractivity contribution is 7.80. The maximum Gasteiger partial charge on any atom is 0.414 e. The summed E-state index contributed by atoms with van der Waals surface area (Å²) in [4.78, 5) is 31.4. The summed E-state index contributed by atoms with van der Waals surface area (Å²) < 4.78 is 44.3. The predicted molar refractivity (Wildman–Crippen MR) is 105 cm³/mol. The van der Waals surface area contributed by atoms with Crippen molar-refractivity contribution >= 4 is 40.7 Å². The first kappa shape index (κ1) is 21.9. The first-order valence-electron chi connectivity index (χ1n) is 9.04. The molecule has 1 atom stereocenters. The van der Waals surface area contributed by atoms with Crippen molar-refractivity contribution < 1.29 is 32.3 Å². The summed E-state index contributed by atoms with van der Waals surface area (Å²) in [6.45, 7) is 1.18. The monoisotopic (exact) mass is 447 g/mol. The number of cyclic esters (lactones) is 1. The Morgan fingerprint density at radius 2 is 2.10 bits per heavy atom. The van der Waals surface area contributed by atoms with Gasteiger partial charge in [0.1, 0.15) is 11.9 Å². The molecule has 2 heterocycles. The Kier molecular flexibility index (Phi) is 6.82. The third-order valence-corrected chi connectivity index (χ3v) is 4.79. The number of benzene rings is 1. The van der Waals surface area contributed by atoms with Crippen molar-refractivity contribution in [2.45, 2.75) is 12.5 Å². The predicted octanol–water partition coefficient (Wildman–Crippen LogP) is 0.829. The zero-order valence-corrected chi connectivity index (χ0v) is 16.5. The molecule has 2 saturated heterocycles. The number of thiocarbonyl (C=S) groups is 1. The van der Waals surface area contributed by atoms with E-state index in [0.717, 1.165) is 0 Å². The normalized spacial score (nSPS) is 19.7. The van der Waals surface area contributed by atoms with E-state index in [2.05, 4.69) is 0 Å². The van der Waals surface area contributed by atoms with Crippen molar-refractivity contribution in [3.8, 4) is 0 Å². The maximum absolute atomic E-state index is 14.8. The average Bonchev–Trinajstić information content (AvgIpc) is 2.90. The van der Waals surface area contributed by atoms with Crippen LogP contribution in [0.2, 0.25) is 0 Å². The minimum absolute atomic E-state index is 0.0123. The molecular weight excluding hydrogens is 427 g/mol. The molecule has 1 aromatic rings. The smallest absolute Gasteiger partial charge is 0.414 e. The Morgan fingerprint density at radius 1 is 1.33 bits per heavy atom. The summed E-state index contributed by atoms with van der Waals surface area (Å²) in [7, 11) is 0. The van der Waals surface area contributed by atoms with E-state index in [1.54, 1.807) is 11.0 Å². The van der Waals surface area contributed by atoms with Gasteiger partial charge < -0.3 is 20.7 Å². The van der Waals surface area contributed by atoms with E-state index in [4.69, 9.17) is 27.5 Å². The van der Waals surface area contributed by atoms with E-state index >= 15 is 0 Å². The van der Waals surface area contributed by atoms with Crippen LogP contribution < -0.4 is 20.9 Å². The van der Waals surface area contributed by atoms with Crippen molar-refractivity contribution in [2.75, 3.05) is 49.1 Å². The molecule has 1 aromatic carbocycles. The van der Waals surface area contributed by atoms with Crippen LogP contribution in [0, 0.1) is 5.82 Å². The lowest BCUT2D eigenvalue weighted by molar-refractivity contribution is -0.132. The highest BCUT2D eigenvalue weighted by atomic mass is 32.1. The van der Waals surface area contributed by atoms with Crippen LogP contribution in [0.5, 0.6) is 0 Å². The van der Waals surface area contributed by atoms with E-state index < -0.39 is 30.3 Å². The van der Waals surface area contributed by atoms with Crippen LogP contribution in [0.4, 0.5) is 29.3 Å². The molecule has 2 aliphatic rings. The summed E-state index contributed by atoms with van der Waals surface area (Å²) >= 11 is 4.88. The summed E-state index contributed by atoms with van der Waals surface area (Å²) in [5.74, 6) is -2.01. The maximum atomic E-state index is 14.8. The molecule has 0 radical (unpaired) electrons. The van der Waals surface area contributed by atoms with Gasteiger partial charge in [0.15, 0.2) is 5.11 Å². The summed E-state index contributed by atoms with van der Waals surface area (Å²) in [5, 5.41) is 3.46. The van der Waals surface area contributed by atoms with E-state index in [-0.39, 0.29) is 30.5 Å². The van der Waals surface area contributed by atoms with Gasteiger partial charge in [-0.25, -0.2) is 14.2 Å². The van der Waals surface area contributed by atoms with Gasteiger partial charge in [-0.2, -0.15) is 8.78 Å². The molecule has 3 N–H and O–H groups in total. The highest BCUT2D eigenvalue weighted by Crippen LogP contribution is 2.28. The summed E-state index contributed by atoms with van der Waals surface area (Å²) in [6.07, 6.45) is -4.73. The number of carbonyl (C=O) groups excluding carboxylic acids is 2. The third kappa shape index (κ3) is 5.02. The number of anilines is 2. The largest absolute Gasteiger partial charge is 0.442 e. The molecular formula is C17H20F3N5O4S. The third-order valence-electron chi connectivity index (χ3n) is 4.59. The van der Waals surface area contributed by atoms with Crippen LogP contribution in [-0.4, -0.2) is 74.0 Å². The van der Waals surface area contributed by atoms with Crippen molar-refractivity contribution in [2.24, 2.45) is 5.73 Å². The van der Waals surface area contributed by atoms with E-state index in [1.807, 2.05) is 5.32 Å². The number of halogens is 3. The molecule has 0 saturated carbocycles. The molecule has 1 unspecified atom stereocenters. The van der Waals surface area contributed by atoms with Gasteiger partial charge in [0.2, 0.25) is 0 Å². The molecule has 0 spiro atoms. The van der Waals surface area contributed by atoms with Crippen molar-refractivity contribution in [3.63, 3.8) is 0 Å². The van der Waals surface area contributed by atoms with Gasteiger partial charge in [-0.3, -0.25) is 14.5 Å². The molecule has 30 heavy (non-hydrogen) atoms. The molecule has 2 aliphatic heterocycles. The van der Waals surface area contributed by atoms with Crippen LogP contribution in [0.1, 0.15) is 0 Å². The van der Waals surface area contributed by atoms with Crippen molar-refractivity contribution in [1.82, 2.24) is 10.4 Å². The first-order chi connectivity index (χ1) is 14.3. The standard InChI is InChI=1S/C17H20F3N5O4S/c18-12-7-10(24-9-11(29-17(24)27)8-22-15(26)14(19)20)1-2-13(12)23-3-4-25(16(21)30)28-6-5-23/h1-2,7,11,14H,3-6,8-9H2,(H2,21,30)(H,22,26). The Bertz CT molecular complexity index is 831. The van der Waals surface area contributed by atoms with E-state index in [0.29, 0.717) is 25.3 Å². The van der Waals surface area contributed by atoms with Gasteiger partial charge in [-0.1, -0.05) is 0 Å². The Hall–Kier alpha value is -2.80. The average molecular weight is 447 g/mol. The van der Waals surface area contributed by atoms with Crippen molar-refractivity contribution in [3.05, 3.63) is 24.0 Å². The fourth-order valence-corrected chi connectivity index (χ4v) is 3.26. The van der Waals surface area contributed by atoms with Crippen LogP contribution in [0.3, 0.4) is 0 Å². The van der Waals surface area contributed by atoms with Crippen LogP contribution in [0.15, 0.2) is 18.2 Å². The van der Waals surface area contributed by atoms with Crippen LogP contribution >= 0.6 is 12.2 Å². The number of hydrogen-bond donors (Lipinski definition) is 2. The number of ether oxygens (including phenoxy) is 1. The summed E-state index contributed by atoms with van der Waals surface area (Å²) in [5.41, 5.74) is 6.12. The molecule has 3 rings (SSSR count). The van der Waals surface area contributed by atoms with Gasteiger partial charge in [-0.15, -0.1) is 0 Å². The topological polar surface area (TPSA) is 100 Å². The van der Waals surface area contributed by atoms with Gasteiger partial charge in [0.05, 0.1) is 37.6 Å². The Morgan fingerprint density at radius 3 is 2.77 bits per heavy atom. The van der Waals surface area contributed by atoms with Gasteiger partial charge >= 0.3 is 12.5 Å².